The predicted molar refractivity (Wildman–Crippen MR) is 239 cm³/mol. The molecule has 0 fully saturated rings. The highest BCUT2D eigenvalue weighted by Gasteiger charge is 2.25. The molecule has 1 heterocycles. The van der Waals surface area contributed by atoms with Crippen molar-refractivity contribution in [1.29, 1.82) is 0 Å². The summed E-state index contributed by atoms with van der Waals surface area (Å²) in [6, 6.07) is 0.616. The number of hydrogen-bond donors (Lipinski definition) is 1. The zero-order valence-corrected chi connectivity index (χ0v) is 37.5. The van der Waals surface area contributed by atoms with E-state index in [1.807, 2.05) is 0 Å². The summed E-state index contributed by atoms with van der Waals surface area (Å²) in [4.78, 5) is 3.79. The topological polar surface area (TPSA) is 19.7 Å². The minimum atomic E-state index is 0.616. The fourth-order valence-corrected chi connectivity index (χ4v) is 8.90. The van der Waals surface area contributed by atoms with E-state index in [1.165, 1.54) is 270 Å². The summed E-state index contributed by atoms with van der Waals surface area (Å²) in [5.41, 5.74) is 0. The van der Waals surface area contributed by atoms with Crippen LogP contribution < -0.4 is 4.57 Å². The normalized spacial score (nSPS) is 12.9. The van der Waals surface area contributed by atoms with Gasteiger partial charge in [0, 0.05) is 0 Å². The van der Waals surface area contributed by atoms with E-state index < -0.39 is 0 Å². The van der Waals surface area contributed by atoms with Crippen LogP contribution in [0.15, 0.2) is 12.4 Å². The largest absolute Gasteiger partial charge is 0.257 e. The molecule has 0 spiro atoms. The second-order valence-electron chi connectivity index (χ2n) is 17.9. The van der Waals surface area contributed by atoms with Gasteiger partial charge in [-0.1, -0.05) is 265 Å². The summed E-state index contributed by atoms with van der Waals surface area (Å²) < 4.78 is 2.66. The number of aromatic amines is 1. The molecule has 0 radical (unpaired) electrons. The van der Waals surface area contributed by atoms with Crippen molar-refractivity contribution in [1.82, 2.24) is 4.98 Å². The van der Waals surface area contributed by atoms with E-state index in [1.54, 1.807) is 5.82 Å². The molecule has 0 saturated carbocycles. The summed E-state index contributed by atoms with van der Waals surface area (Å²) in [6.07, 6.45) is 65.1. The van der Waals surface area contributed by atoms with Gasteiger partial charge in [-0.05, 0) is 32.6 Å². The third-order valence-corrected chi connectivity index (χ3v) is 12.6. The summed E-state index contributed by atoms with van der Waals surface area (Å²) in [7, 11) is 0. The highest BCUT2D eigenvalue weighted by molar-refractivity contribution is 4.90. The number of nitrogens with one attached hydrogen (secondary N) is 1. The molecule has 2 unspecified atom stereocenters. The van der Waals surface area contributed by atoms with Gasteiger partial charge in [0.05, 0.1) is 12.0 Å². The zero-order chi connectivity index (χ0) is 38.1. The number of hydrogen-bond acceptors (Lipinski definition) is 0. The molecule has 0 aliphatic heterocycles. The number of imidazole rings is 1. The Balaban J connectivity index is 2.34. The number of H-pyrrole nitrogens is 1. The van der Waals surface area contributed by atoms with E-state index in [4.69, 9.17) is 0 Å². The first kappa shape index (κ1) is 50.2. The van der Waals surface area contributed by atoms with Crippen LogP contribution in [0.1, 0.15) is 315 Å². The van der Waals surface area contributed by atoms with Gasteiger partial charge < -0.3 is 0 Å². The molecule has 314 valence electrons. The second kappa shape index (κ2) is 40.9. The molecule has 53 heavy (non-hydrogen) atoms. The van der Waals surface area contributed by atoms with Crippen LogP contribution in [0.5, 0.6) is 0 Å². The number of aromatic nitrogens is 2. The number of rotatable bonds is 44. The Morgan fingerprint density at radius 2 is 0.604 bits per heavy atom. The lowest BCUT2D eigenvalue weighted by molar-refractivity contribution is -0.727. The molecule has 1 aromatic heterocycles. The molecule has 0 aliphatic rings. The van der Waals surface area contributed by atoms with Gasteiger partial charge in [-0.2, -0.15) is 0 Å². The highest BCUT2D eigenvalue weighted by Crippen LogP contribution is 2.28. The highest BCUT2D eigenvalue weighted by atomic mass is 15.1. The predicted octanol–water partition coefficient (Wildman–Crippen LogP) is 18.4. The monoisotopic (exact) mass is 742 g/mol. The van der Waals surface area contributed by atoms with Gasteiger partial charge in [0.25, 0.3) is 5.82 Å². The molecular formula is C51H101N2+. The molecule has 1 aromatic rings. The van der Waals surface area contributed by atoms with Crippen LogP contribution in [0, 0.1) is 0 Å². The van der Waals surface area contributed by atoms with Crippen molar-refractivity contribution in [2.45, 2.75) is 309 Å². The SMILES string of the molecule is CCCCCCCCCCCCCCCCCC(CCCCCCCCCCCC)c1[nH]cc[n+]1C(C)CCCCCCCCCCCCCCCC. The summed E-state index contributed by atoms with van der Waals surface area (Å²) in [5.74, 6) is 2.25. The third-order valence-electron chi connectivity index (χ3n) is 12.6. The Hall–Kier alpha value is -0.790. The Labute approximate surface area is 336 Å². The zero-order valence-electron chi connectivity index (χ0n) is 37.5. The summed E-state index contributed by atoms with van der Waals surface area (Å²) in [5, 5.41) is 0. The van der Waals surface area contributed by atoms with E-state index in [0.717, 1.165) is 0 Å². The molecule has 2 nitrogen and oxygen atoms in total. The van der Waals surface area contributed by atoms with Crippen molar-refractivity contribution >= 4 is 0 Å². The Bertz CT molecular complexity index is 813. The molecule has 0 amide bonds. The Kier molecular flexibility index (Phi) is 38.7. The van der Waals surface area contributed by atoms with Crippen molar-refractivity contribution in [3.63, 3.8) is 0 Å². The Morgan fingerprint density at radius 3 is 0.887 bits per heavy atom. The van der Waals surface area contributed by atoms with E-state index in [-0.39, 0.29) is 0 Å². The standard InChI is InChI=1S/C51H100N2/c1-5-8-11-14-17-20-23-25-27-29-31-34-37-40-43-46-50(45-42-39-36-33-22-19-16-13-10-7-3)51-52-47-48-53(51)49(4)44-41-38-35-32-30-28-26-24-21-18-15-12-9-6-2/h47-50H,5-46H2,1-4H3/p+1. The van der Waals surface area contributed by atoms with E-state index in [0.29, 0.717) is 12.0 Å². The average Bonchev–Trinajstić information content (AvgIpc) is 3.66. The van der Waals surface area contributed by atoms with Crippen LogP contribution in [0.2, 0.25) is 0 Å². The van der Waals surface area contributed by atoms with Gasteiger partial charge in [-0.25, -0.2) is 9.55 Å². The molecule has 2 atom stereocenters. The van der Waals surface area contributed by atoms with Crippen LogP contribution in [0.3, 0.4) is 0 Å². The van der Waals surface area contributed by atoms with Gasteiger partial charge in [-0.15, -0.1) is 0 Å². The Morgan fingerprint density at radius 1 is 0.358 bits per heavy atom. The summed E-state index contributed by atoms with van der Waals surface area (Å²) >= 11 is 0. The third kappa shape index (κ3) is 32.0. The fourth-order valence-electron chi connectivity index (χ4n) is 8.90. The molecule has 0 aliphatic carbocycles. The van der Waals surface area contributed by atoms with Gasteiger partial charge in [0.1, 0.15) is 12.4 Å². The quantitative estimate of drug-likeness (QED) is 0.0507. The van der Waals surface area contributed by atoms with E-state index in [2.05, 4.69) is 49.6 Å². The van der Waals surface area contributed by atoms with E-state index in [9.17, 15) is 0 Å². The second-order valence-corrected chi connectivity index (χ2v) is 17.9. The molecule has 1 rings (SSSR count). The van der Waals surface area contributed by atoms with E-state index >= 15 is 0 Å². The lowest BCUT2D eigenvalue weighted by atomic mass is 9.92. The molecule has 1 N–H and O–H groups in total. The lowest BCUT2D eigenvalue weighted by Gasteiger charge is -2.17. The first-order chi connectivity index (χ1) is 26.2. The molecule has 0 saturated heterocycles. The fraction of sp³-hybridized carbons (Fsp3) is 0.941. The van der Waals surface area contributed by atoms with Crippen LogP contribution in [-0.4, -0.2) is 4.98 Å². The van der Waals surface area contributed by atoms with Gasteiger partial charge in [-0.3, -0.25) is 0 Å². The van der Waals surface area contributed by atoms with Crippen molar-refractivity contribution in [3.8, 4) is 0 Å². The van der Waals surface area contributed by atoms with Crippen molar-refractivity contribution in [2.24, 2.45) is 0 Å². The van der Waals surface area contributed by atoms with Crippen molar-refractivity contribution in [2.75, 3.05) is 0 Å². The smallest absolute Gasteiger partial charge is 0.247 e. The summed E-state index contributed by atoms with van der Waals surface area (Å²) in [6.45, 7) is 9.45. The minimum absolute atomic E-state index is 0.616. The first-order valence-electron chi connectivity index (χ1n) is 25.3. The molecule has 0 aromatic carbocycles. The molecule has 0 bridgehead atoms. The maximum absolute atomic E-state index is 3.79. The van der Waals surface area contributed by atoms with Crippen molar-refractivity contribution < 1.29 is 4.57 Å². The first-order valence-corrected chi connectivity index (χ1v) is 25.3. The maximum atomic E-state index is 3.79. The van der Waals surface area contributed by atoms with Crippen LogP contribution >= 0.6 is 0 Å². The van der Waals surface area contributed by atoms with Gasteiger partial charge in [0.2, 0.25) is 0 Å². The van der Waals surface area contributed by atoms with Crippen molar-refractivity contribution in [3.05, 3.63) is 18.2 Å². The van der Waals surface area contributed by atoms with Gasteiger partial charge >= 0.3 is 0 Å². The lowest BCUT2D eigenvalue weighted by Crippen LogP contribution is -2.41. The minimum Gasteiger partial charge on any atom is -0.247 e. The van der Waals surface area contributed by atoms with Crippen LogP contribution in [-0.2, 0) is 0 Å². The van der Waals surface area contributed by atoms with Crippen LogP contribution in [0.25, 0.3) is 0 Å². The molecular weight excluding hydrogens is 641 g/mol. The molecule has 2 heteroatoms. The van der Waals surface area contributed by atoms with Gasteiger partial charge in [0.15, 0.2) is 0 Å². The number of unbranched alkanes of at least 4 members (excludes halogenated alkanes) is 36. The average molecular weight is 742 g/mol. The number of nitrogens with zero attached hydrogens (tertiary/aromatic N) is 1. The maximum Gasteiger partial charge on any atom is 0.257 e. The van der Waals surface area contributed by atoms with Crippen LogP contribution in [0.4, 0.5) is 0 Å².